The van der Waals surface area contributed by atoms with E-state index in [1.807, 2.05) is 0 Å². The van der Waals surface area contributed by atoms with Crippen LogP contribution in [0.4, 0.5) is 0 Å². The molecule has 0 radical (unpaired) electrons. The molecule has 37 heavy (non-hydrogen) atoms. The van der Waals surface area contributed by atoms with Crippen molar-refractivity contribution in [3.05, 3.63) is 0 Å². The fourth-order valence-electron chi connectivity index (χ4n) is 5.53. The summed E-state index contributed by atoms with van der Waals surface area (Å²) in [6, 6.07) is 0. The lowest BCUT2D eigenvalue weighted by molar-refractivity contribution is -0.166. The third-order valence-electron chi connectivity index (χ3n) is 8.23. The highest BCUT2D eigenvalue weighted by Crippen LogP contribution is 2.33. The molecule has 0 rings (SSSR count). The third kappa shape index (κ3) is 20.6. The first-order chi connectivity index (χ1) is 18.0. The second-order valence-electron chi connectivity index (χ2n) is 11.7. The predicted molar refractivity (Wildman–Crippen MR) is 158 cm³/mol. The summed E-state index contributed by atoms with van der Waals surface area (Å²) in [7, 11) is 0. The van der Waals surface area contributed by atoms with Crippen molar-refractivity contribution in [3.8, 4) is 0 Å². The standard InChI is InChI=1S/C33H64O4/c1-3-5-7-9-11-13-15-17-19-21-23-25-27-29-33(31(34)35,32(36)37)30-28-26-24-22-20-18-16-14-12-10-8-6-4-2/h3-30H2,1-2H3,(H,34,35)(H,36,37). The summed E-state index contributed by atoms with van der Waals surface area (Å²) in [5.41, 5.74) is -1.59. The Morgan fingerprint density at radius 2 is 0.568 bits per heavy atom. The normalized spacial score (nSPS) is 11.7. The van der Waals surface area contributed by atoms with Gasteiger partial charge in [0.05, 0.1) is 0 Å². The highest BCUT2D eigenvalue weighted by atomic mass is 16.4. The molecule has 4 nitrogen and oxygen atoms in total. The van der Waals surface area contributed by atoms with E-state index in [0.717, 1.165) is 25.7 Å². The summed E-state index contributed by atoms with van der Waals surface area (Å²) < 4.78 is 0. The number of unbranched alkanes of at least 4 members (excludes halogenated alkanes) is 24. The minimum Gasteiger partial charge on any atom is -0.480 e. The van der Waals surface area contributed by atoms with E-state index in [2.05, 4.69) is 13.8 Å². The molecule has 2 N–H and O–H groups in total. The molecule has 0 aliphatic heterocycles. The van der Waals surface area contributed by atoms with E-state index in [0.29, 0.717) is 12.8 Å². The fourth-order valence-corrected chi connectivity index (χ4v) is 5.53. The second-order valence-corrected chi connectivity index (χ2v) is 11.7. The van der Waals surface area contributed by atoms with Crippen LogP contribution in [-0.2, 0) is 9.59 Å². The zero-order chi connectivity index (χ0) is 27.5. The van der Waals surface area contributed by atoms with Crippen LogP contribution in [0.25, 0.3) is 0 Å². The lowest BCUT2D eigenvalue weighted by Gasteiger charge is -2.25. The first-order valence-electron chi connectivity index (χ1n) is 16.5. The number of hydrogen-bond donors (Lipinski definition) is 2. The molecule has 0 unspecified atom stereocenters. The van der Waals surface area contributed by atoms with Crippen molar-refractivity contribution >= 4 is 11.9 Å². The molecule has 0 spiro atoms. The first-order valence-corrected chi connectivity index (χ1v) is 16.5. The zero-order valence-corrected chi connectivity index (χ0v) is 25.0. The van der Waals surface area contributed by atoms with Crippen LogP contribution in [0, 0.1) is 5.41 Å². The van der Waals surface area contributed by atoms with Crippen LogP contribution in [0.1, 0.15) is 194 Å². The van der Waals surface area contributed by atoms with Crippen LogP contribution in [0.15, 0.2) is 0 Å². The Kier molecular flexibility index (Phi) is 25.8. The molecule has 0 heterocycles. The molecule has 0 saturated carbocycles. The number of aliphatic carboxylic acids is 2. The van der Waals surface area contributed by atoms with Gasteiger partial charge < -0.3 is 10.2 Å². The van der Waals surface area contributed by atoms with Gasteiger partial charge in [0.25, 0.3) is 0 Å². The van der Waals surface area contributed by atoms with Crippen LogP contribution in [-0.4, -0.2) is 22.2 Å². The van der Waals surface area contributed by atoms with Gasteiger partial charge in [-0.2, -0.15) is 0 Å². The van der Waals surface area contributed by atoms with Crippen LogP contribution in [0.2, 0.25) is 0 Å². The first kappa shape index (κ1) is 35.9. The van der Waals surface area contributed by atoms with E-state index < -0.39 is 17.4 Å². The Bertz CT molecular complexity index is 470. The van der Waals surface area contributed by atoms with Gasteiger partial charge in [-0.05, 0) is 12.8 Å². The minimum absolute atomic E-state index is 0.272. The molecule has 0 aromatic rings. The Balaban J connectivity index is 3.87. The van der Waals surface area contributed by atoms with Gasteiger partial charge in [-0.3, -0.25) is 9.59 Å². The molecule has 0 aromatic carbocycles. The van der Waals surface area contributed by atoms with Gasteiger partial charge in [0.2, 0.25) is 0 Å². The molecule has 4 heteroatoms. The molecule has 0 amide bonds. The summed E-state index contributed by atoms with van der Waals surface area (Å²) in [6.07, 6.45) is 32.4. The molecule has 0 fully saturated rings. The maximum atomic E-state index is 12.0. The Morgan fingerprint density at radius 3 is 0.757 bits per heavy atom. The third-order valence-corrected chi connectivity index (χ3v) is 8.23. The quantitative estimate of drug-likeness (QED) is 0.0723. The summed E-state index contributed by atoms with van der Waals surface area (Å²) in [5, 5.41) is 19.6. The number of hydrogen-bond acceptors (Lipinski definition) is 2. The van der Waals surface area contributed by atoms with E-state index in [9.17, 15) is 19.8 Å². The smallest absolute Gasteiger partial charge is 0.321 e. The minimum atomic E-state index is -1.59. The summed E-state index contributed by atoms with van der Waals surface area (Å²) >= 11 is 0. The average molecular weight is 525 g/mol. The molecule has 0 aliphatic carbocycles. The maximum Gasteiger partial charge on any atom is 0.321 e. The zero-order valence-electron chi connectivity index (χ0n) is 25.0. The molecule has 0 bridgehead atoms. The fraction of sp³-hybridized carbons (Fsp3) is 0.939. The monoisotopic (exact) mass is 524 g/mol. The lowest BCUT2D eigenvalue weighted by Crippen LogP contribution is -2.39. The number of carboxylic acids is 2. The summed E-state index contributed by atoms with van der Waals surface area (Å²) in [6.45, 7) is 4.51. The van der Waals surface area contributed by atoms with Gasteiger partial charge in [-0.25, -0.2) is 0 Å². The van der Waals surface area contributed by atoms with E-state index in [1.54, 1.807) is 0 Å². The molecule has 220 valence electrons. The molecular weight excluding hydrogens is 460 g/mol. The number of rotatable bonds is 30. The Hall–Kier alpha value is -1.06. The van der Waals surface area contributed by atoms with Gasteiger partial charge in [0.1, 0.15) is 0 Å². The van der Waals surface area contributed by atoms with Crippen LogP contribution >= 0.6 is 0 Å². The topological polar surface area (TPSA) is 74.6 Å². The highest BCUT2D eigenvalue weighted by molar-refractivity contribution is 5.98. The molecule has 0 atom stereocenters. The second kappa shape index (κ2) is 26.5. The van der Waals surface area contributed by atoms with Gasteiger partial charge in [0, 0.05) is 0 Å². The van der Waals surface area contributed by atoms with Crippen molar-refractivity contribution < 1.29 is 19.8 Å². The van der Waals surface area contributed by atoms with Crippen molar-refractivity contribution in [3.63, 3.8) is 0 Å². The molecule has 0 aromatic heterocycles. The van der Waals surface area contributed by atoms with E-state index >= 15 is 0 Å². The largest absolute Gasteiger partial charge is 0.480 e. The average Bonchev–Trinajstić information content (AvgIpc) is 2.87. The van der Waals surface area contributed by atoms with Crippen molar-refractivity contribution in [1.29, 1.82) is 0 Å². The van der Waals surface area contributed by atoms with Crippen molar-refractivity contribution in [1.82, 2.24) is 0 Å². The van der Waals surface area contributed by atoms with E-state index in [1.165, 1.54) is 128 Å². The highest BCUT2D eigenvalue weighted by Gasteiger charge is 2.45. The number of carbonyl (C=O) groups is 2. The molecule has 0 saturated heterocycles. The Morgan fingerprint density at radius 1 is 0.378 bits per heavy atom. The van der Waals surface area contributed by atoms with Gasteiger partial charge in [0.15, 0.2) is 5.41 Å². The van der Waals surface area contributed by atoms with Crippen molar-refractivity contribution in [2.75, 3.05) is 0 Å². The van der Waals surface area contributed by atoms with Gasteiger partial charge >= 0.3 is 11.9 Å². The van der Waals surface area contributed by atoms with E-state index in [-0.39, 0.29) is 12.8 Å². The van der Waals surface area contributed by atoms with Gasteiger partial charge in [-0.15, -0.1) is 0 Å². The lowest BCUT2D eigenvalue weighted by atomic mass is 9.78. The van der Waals surface area contributed by atoms with Crippen LogP contribution in [0.3, 0.4) is 0 Å². The predicted octanol–water partition coefficient (Wildman–Crippen LogP) is 11.1. The van der Waals surface area contributed by atoms with Crippen molar-refractivity contribution in [2.45, 2.75) is 194 Å². The molecule has 0 aliphatic rings. The van der Waals surface area contributed by atoms with E-state index in [4.69, 9.17) is 0 Å². The summed E-state index contributed by atoms with van der Waals surface area (Å²) in [5.74, 6) is -2.28. The maximum absolute atomic E-state index is 12.0. The van der Waals surface area contributed by atoms with Crippen LogP contribution < -0.4 is 0 Å². The van der Waals surface area contributed by atoms with Crippen LogP contribution in [0.5, 0.6) is 0 Å². The van der Waals surface area contributed by atoms with Crippen molar-refractivity contribution in [2.24, 2.45) is 5.41 Å². The van der Waals surface area contributed by atoms with Gasteiger partial charge in [-0.1, -0.05) is 181 Å². The summed E-state index contributed by atoms with van der Waals surface area (Å²) in [4.78, 5) is 24.0. The number of carboxylic acid groups (broad SMARTS) is 2. The molecular formula is C33H64O4. The Labute approximate surface area is 230 Å². The SMILES string of the molecule is CCCCCCCCCCCCCCCC(CCCCCCCCCCCCCCC)(C(=O)O)C(=O)O.